The van der Waals surface area contributed by atoms with Crippen LogP contribution >= 0.6 is 11.3 Å². The molecule has 0 amide bonds. The summed E-state index contributed by atoms with van der Waals surface area (Å²) in [4.78, 5) is 9.12. The van der Waals surface area contributed by atoms with E-state index in [0.29, 0.717) is 5.92 Å². The zero-order valence-corrected chi connectivity index (χ0v) is 10.5. The molecule has 16 heavy (non-hydrogen) atoms. The zero-order valence-electron chi connectivity index (χ0n) is 9.66. The summed E-state index contributed by atoms with van der Waals surface area (Å²) in [5.74, 6) is 0.524. The molecule has 0 saturated carbocycles. The first-order valence-corrected chi connectivity index (χ1v) is 6.32. The van der Waals surface area contributed by atoms with Crippen molar-refractivity contribution in [3.05, 3.63) is 28.9 Å². The van der Waals surface area contributed by atoms with Crippen LogP contribution in [0.15, 0.2) is 18.3 Å². The minimum absolute atomic E-state index is 0.524. The van der Waals surface area contributed by atoms with Crippen molar-refractivity contribution in [1.82, 2.24) is 9.97 Å². The molecule has 0 aliphatic rings. The number of rotatable bonds is 4. The number of aromatic amines is 1. The third-order valence-corrected chi connectivity index (χ3v) is 3.87. The van der Waals surface area contributed by atoms with Gasteiger partial charge in [-0.1, -0.05) is 6.92 Å². The predicted molar refractivity (Wildman–Crippen MR) is 68.6 cm³/mol. The van der Waals surface area contributed by atoms with Crippen molar-refractivity contribution in [2.75, 3.05) is 6.54 Å². The maximum Gasteiger partial charge on any atom is 0.140 e. The summed E-state index contributed by atoms with van der Waals surface area (Å²) in [6.45, 7) is 4.98. The van der Waals surface area contributed by atoms with Gasteiger partial charge >= 0.3 is 0 Å². The summed E-state index contributed by atoms with van der Waals surface area (Å²) in [6, 6.07) is 4.04. The Morgan fingerprint density at radius 3 is 3.00 bits per heavy atom. The highest BCUT2D eigenvalue weighted by molar-refractivity contribution is 7.15. The third-order valence-electron chi connectivity index (χ3n) is 2.66. The number of nitrogens with zero attached hydrogens (tertiary/aromatic N) is 1. The molecule has 1 atom stereocenters. The first kappa shape index (κ1) is 11.4. The number of hydrogen-bond donors (Lipinski definition) is 2. The van der Waals surface area contributed by atoms with Gasteiger partial charge in [-0.2, -0.15) is 0 Å². The Morgan fingerprint density at radius 1 is 1.56 bits per heavy atom. The Balaban J connectivity index is 2.22. The third kappa shape index (κ3) is 2.33. The fourth-order valence-electron chi connectivity index (χ4n) is 1.60. The molecule has 4 heteroatoms. The highest BCUT2D eigenvalue weighted by Crippen LogP contribution is 2.28. The predicted octanol–water partition coefficient (Wildman–Crippen LogP) is 2.58. The van der Waals surface area contributed by atoms with Gasteiger partial charge in [-0.3, -0.25) is 0 Å². The van der Waals surface area contributed by atoms with Crippen molar-refractivity contribution in [2.24, 2.45) is 11.7 Å². The van der Waals surface area contributed by atoms with Crippen molar-refractivity contribution in [1.29, 1.82) is 0 Å². The fourth-order valence-corrected chi connectivity index (χ4v) is 2.81. The quantitative estimate of drug-likeness (QED) is 0.855. The molecular weight excluding hydrogens is 218 g/mol. The summed E-state index contributed by atoms with van der Waals surface area (Å²) >= 11 is 1.76. The van der Waals surface area contributed by atoms with Crippen LogP contribution in [0.1, 0.15) is 17.5 Å². The number of aryl methyl sites for hydroxylation is 1. The van der Waals surface area contributed by atoms with Crippen molar-refractivity contribution in [2.45, 2.75) is 20.3 Å². The fraction of sp³-hybridized carbons (Fsp3) is 0.417. The average Bonchev–Trinajstić information content (AvgIpc) is 2.88. The van der Waals surface area contributed by atoms with E-state index in [4.69, 9.17) is 5.73 Å². The highest BCUT2D eigenvalue weighted by atomic mass is 32.1. The van der Waals surface area contributed by atoms with Gasteiger partial charge < -0.3 is 10.7 Å². The summed E-state index contributed by atoms with van der Waals surface area (Å²) < 4.78 is 0. The molecule has 3 nitrogen and oxygen atoms in total. The lowest BCUT2D eigenvalue weighted by Crippen LogP contribution is -2.12. The second kappa shape index (κ2) is 4.80. The minimum atomic E-state index is 0.524. The number of nitrogens with two attached hydrogens (primary N) is 1. The maximum atomic E-state index is 5.65. The Bertz CT molecular complexity index is 445. The van der Waals surface area contributed by atoms with Gasteiger partial charge in [0.1, 0.15) is 5.01 Å². The Labute approximate surface area is 99.7 Å². The molecule has 2 aromatic rings. The molecule has 0 spiro atoms. The molecule has 2 heterocycles. The molecule has 2 aromatic heterocycles. The smallest absolute Gasteiger partial charge is 0.140 e. The highest BCUT2D eigenvalue weighted by Gasteiger charge is 2.11. The summed E-state index contributed by atoms with van der Waals surface area (Å²) in [5, 5.41) is 1.07. The molecule has 3 N–H and O–H groups in total. The van der Waals surface area contributed by atoms with Crippen LogP contribution < -0.4 is 5.73 Å². The lowest BCUT2D eigenvalue weighted by molar-refractivity contribution is 0.596. The van der Waals surface area contributed by atoms with E-state index in [1.165, 1.54) is 4.88 Å². The molecular formula is C12H17N3S. The summed E-state index contributed by atoms with van der Waals surface area (Å²) in [5.41, 5.74) is 7.88. The minimum Gasteiger partial charge on any atom is -0.359 e. The SMILES string of the molecule is Cc1nc(-c2ccc[nH]2)sc1CC(C)CN. The average molecular weight is 235 g/mol. The van der Waals surface area contributed by atoms with Gasteiger partial charge in [0, 0.05) is 11.1 Å². The molecule has 86 valence electrons. The van der Waals surface area contributed by atoms with Gasteiger partial charge in [0.05, 0.1) is 11.4 Å². The molecule has 0 aliphatic heterocycles. The largest absolute Gasteiger partial charge is 0.359 e. The lowest BCUT2D eigenvalue weighted by Gasteiger charge is -2.05. The molecule has 0 aliphatic carbocycles. The topological polar surface area (TPSA) is 54.7 Å². The monoisotopic (exact) mass is 235 g/mol. The van der Waals surface area contributed by atoms with Crippen molar-refractivity contribution >= 4 is 11.3 Å². The number of hydrogen-bond acceptors (Lipinski definition) is 3. The van der Waals surface area contributed by atoms with Crippen LogP contribution in [0, 0.1) is 12.8 Å². The van der Waals surface area contributed by atoms with Gasteiger partial charge in [0.15, 0.2) is 0 Å². The van der Waals surface area contributed by atoms with E-state index in [1.54, 1.807) is 11.3 Å². The maximum absolute atomic E-state index is 5.65. The molecule has 2 rings (SSSR count). The standard InChI is InChI=1S/C12H17N3S/c1-8(7-13)6-11-9(2)15-12(16-11)10-4-3-5-14-10/h3-5,8,14H,6-7,13H2,1-2H3. The van der Waals surface area contributed by atoms with Gasteiger partial charge in [-0.15, -0.1) is 11.3 Å². The van der Waals surface area contributed by atoms with Crippen LogP contribution in [-0.4, -0.2) is 16.5 Å². The van der Waals surface area contributed by atoms with E-state index >= 15 is 0 Å². The normalized spacial score (nSPS) is 12.9. The van der Waals surface area contributed by atoms with Gasteiger partial charge in [-0.25, -0.2) is 4.98 Å². The van der Waals surface area contributed by atoms with E-state index in [0.717, 1.165) is 29.4 Å². The van der Waals surface area contributed by atoms with E-state index in [9.17, 15) is 0 Å². The van der Waals surface area contributed by atoms with Crippen molar-refractivity contribution in [3.63, 3.8) is 0 Å². The van der Waals surface area contributed by atoms with Gasteiger partial charge in [0.2, 0.25) is 0 Å². The van der Waals surface area contributed by atoms with Gasteiger partial charge in [-0.05, 0) is 37.9 Å². The molecule has 0 aromatic carbocycles. The van der Waals surface area contributed by atoms with E-state index in [2.05, 4.69) is 29.9 Å². The number of thiazole rings is 1. The van der Waals surface area contributed by atoms with E-state index < -0.39 is 0 Å². The van der Waals surface area contributed by atoms with Gasteiger partial charge in [0.25, 0.3) is 0 Å². The Kier molecular flexibility index (Phi) is 3.41. The Hall–Kier alpha value is -1.13. The molecule has 0 radical (unpaired) electrons. The van der Waals surface area contributed by atoms with Crippen LogP contribution in [0.25, 0.3) is 10.7 Å². The van der Waals surface area contributed by atoms with Crippen molar-refractivity contribution < 1.29 is 0 Å². The lowest BCUT2D eigenvalue weighted by atomic mass is 10.1. The first-order valence-electron chi connectivity index (χ1n) is 5.51. The van der Waals surface area contributed by atoms with Crippen LogP contribution in [0.5, 0.6) is 0 Å². The molecule has 0 fully saturated rings. The summed E-state index contributed by atoms with van der Waals surface area (Å²) in [6.07, 6.45) is 2.95. The van der Waals surface area contributed by atoms with Crippen LogP contribution in [0.3, 0.4) is 0 Å². The van der Waals surface area contributed by atoms with E-state index in [-0.39, 0.29) is 0 Å². The molecule has 1 unspecified atom stereocenters. The van der Waals surface area contributed by atoms with Crippen LogP contribution in [0.2, 0.25) is 0 Å². The molecule has 0 bridgehead atoms. The van der Waals surface area contributed by atoms with Crippen LogP contribution in [-0.2, 0) is 6.42 Å². The Morgan fingerprint density at radius 2 is 2.38 bits per heavy atom. The first-order chi connectivity index (χ1) is 7.70. The number of aromatic nitrogens is 2. The van der Waals surface area contributed by atoms with Crippen molar-refractivity contribution in [3.8, 4) is 10.7 Å². The van der Waals surface area contributed by atoms with E-state index in [1.807, 2.05) is 12.3 Å². The number of H-pyrrole nitrogens is 1. The second-order valence-electron chi connectivity index (χ2n) is 4.16. The molecule has 0 saturated heterocycles. The summed E-state index contributed by atoms with van der Waals surface area (Å²) in [7, 11) is 0. The number of nitrogens with one attached hydrogen (secondary N) is 1. The second-order valence-corrected chi connectivity index (χ2v) is 5.24. The zero-order chi connectivity index (χ0) is 11.5. The van der Waals surface area contributed by atoms with Crippen LogP contribution in [0.4, 0.5) is 0 Å².